The molecule has 1 aromatic rings. The number of ether oxygens (including phenoxy) is 3. The third-order valence-corrected chi connectivity index (χ3v) is 2.84. The lowest BCUT2D eigenvalue weighted by Gasteiger charge is -2.14. The summed E-state index contributed by atoms with van der Waals surface area (Å²) in [7, 11) is 4.45. The number of carboxylic acids is 1. The van der Waals surface area contributed by atoms with Gasteiger partial charge in [0, 0.05) is 0 Å². The normalized spacial score (nSPS) is 11.4. The second kappa shape index (κ2) is 7.37. The first-order valence-electron chi connectivity index (χ1n) is 6.24. The molecule has 7 heteroatoms. The first-order chi connectivity index (χ1) is 9.92. The van der Waals surface area contributed by atoms with Crippen LogP contribution >= 0.6 is 0 Å². The molecular weight excluding hydrogens is 278 g/mol. The molecule has 2 N–H and O–H groups in total. The van der Waals surface area contributed by atoms with Crippen molar-refractivity contribution in [3.05, 3.63) is 17.7 Å². The SMILES string of the molecule is COc1cc(CC(=O)N[C@H](C)C(=O)O)cc(OC)c1OC. The second-order valence-corrected chi connectivity index (χ2v) is 4.34. The van der Waals surface area contributed by atoms with Crippen LogP contribution in [0.25, 0.3) is 0 Å². The maximum Gasteiger partial charge on any atom is 0.325 e. The Morgan fingerprint density at radius 2 is 1.67 bits per heavy atom. The number of carbonyl (C=O) groups excluding carboxylic acids is 1. The minimum Gasteiger partial charge on any atom is -0.493 e. The molecule has 0 fully saturated rings. The average molecular weight is 297 g/mol. The minimum absolute atomic E-state index is 0.00827. The van der Waals surface area contributed by atoms with Gasteiger partial charge in [-0.25, -0.2) is 0 Å². The van der Waals surface area contributed by atoms with Crippen molar-refractivity contribution in [1.82, 2.24) is 5.32 Å². The van der Waals surface area contributed by atoms with Crippen LogP contribution in [-0.4, -0.2) is 44.4 Å². The summed E-state index contributed by atoms with van der Waals surface area (Å²) in [5, 5.41) is 11.1. The average Bonchev–Trinajstić information content (AvgIpc) is 2.45. The first-order valence-corrected chi connectivity index (χ1v) is 6.24. The van der Waals surface area contributed by atoms with Gasteiger partial charge in [-0.3, -0.25) is 9.59 Å². The Morgan fingerprint density at radius 1 is 1.14 bits per heavy atom. The summed E-state index contributed by atoms with van der Waals surface area (Å²) in [6, 6.07) is 2.35. The van der Waals surface area contributed by atoms with E-state index in [1.807, 2.05) is 0 Å². The fraction of sp³-hybridized carbons (Fsp3) is 0.429. The highest BCUT2D eigenvalue weighted by molar-refractivity contribution is 5.84. The van der Waals surface area contributed by atoms with Crippen LogP contribution in [0.2, 0.25) is 0 Å². The Morgan fingerprint density at radius 3 is 2.05 bits per heavy atom. The van der Waals surface area contributed by atoms with Gasteiger partial charge in [0.1, 0.15) is 6.04 Å². The standard InChI is InChI=1S/C14H19NO6/c1-8(14(17)18)15-12(16)7-9-5-10(19-2)13(21-4)11(6-9)20-3/h5-6,8H,7H2,1-4H3,(H,15,16)(H,17,18)/t8-/m1/s1. The van der Waals surface area contributed by atoms with E-state index < -0.39 is 17.9 Å². The van der Waals surface area contributed by atoms with Gasteiger partial charge in [0.25, 0.3) is 0 Å². The molecule has 0 saturated carbocycles. The van der Waals surface area contributed by atoms with E-state index in [4.69, 9.17) is 19.3 Å². The Labute approximate surface area is 122 Å². The summed E-state index contributed by atoms with van der Waals surface area (Å²) in [6.45, 7) is 1.40. The van der Waals surface area contributed by atoms with Crippen LogP contribution in [0.4, 0.5) is 0 Å². The molecule has 1 rings (SSSR count). The number of hydrogen-bond acceptors (Lipinski definition) is 5. The van der Waals surface area contributed by atoms with Crippen molar-refractivity contribution < 1.29 is 28.9 Å². The van der Waals surface area contributed by atoms with Crippen LogP contribution in [0.3, 0.4) is 0 Å². The van der Waals surface area contributed by atoms with Crippen molar-refractivity contribution in [2.75, 3.05) is 21.3 Å². The molecule has 0 unspecified atom stereocenters. The van der Waals surface area contributed by atoms with Gasteiger partial charge in [0.2, 0.25) is 11.7 Å². The van der Waals surface area contributed by atoms with Crippen molar-refractivity contribution in [2.45, 2.75) is 19.4 Å². The van der Waals surface area contributed by atoms with Crippen LogP contribution in [0.15, 0.2) is 12.1 Å². The summed E-state index contributed by atoms with van der Waals surface area (Å²) >= 11 is 0. The number of hydrogen-bond donors (Lipinski definition) is 2. The molecule has 7 nitrogen and oxygen atoms in total. The third-order valence-electron chi connectivity index (χ3n) is 2.84. The van der Waals surface area contributed by atoms with Gasteiger partial charge in [-0.2, -0.15) is 0 Å². The van der Waals surface area contributed by atoms with Crippen molar-refractivity contribution in [1.29, 1.82) is 0 Å². The maximum atomic E-state index is 11.8. The quantitative estimate of drug-likeness (QED) is 0.774. The molecule has 0 spiro atoms. The highest BCUT2D eigenvalue weighted by Gasteiger charge is 2.17. The number of rotatable bonds is 7. The van der Waals surface area contributed by atoms with Gasteiger partial charge >= 0.3 is 5.97 Å². The van der Waals surface area contributed by atoms with Gasteiger partial charge in [-0.15, -0.1) is 0 Å². The van der Waals surface area contributed by atoms with Gasteiger partial charge in [0.15, 0.2) is 11.5 Å². The number of aliphatic carboxylic acids is 1. The van der Waals surface area contributed by atoms with Crippen molar-refractivity contribution >= 4 is 11.9 Å². The largest absolute Gasteiger partial charge is 0.493 e. The van der Waals surface area contributed by atoms with Crippen LogP contribution in [0, 0.1) is 0 Å². The number of nitrogens with one attached hydrogen (secondary N) is 1. The fourth-order valence-electron chi connectivity index (χ4n) is 1.78. The van der Waals surface area contributed by atoms with Crippen LogP contribution in [0.1, 0.15) is 12.5 Å². The summed E-state index contributed by atoms with van der Waals surface area (Å²) in [4.78, 5) is 22.5. The predicted molar refractivity (Wildman–Crippen MR) is 75.0 cm³/mol. The van der Waals surface area contributed by atoms with Gasteiger partial charge in [-0.05, 0) is 24.6 Å². The van der Waals surface area contributed by atoms with E-state index in [0.29, 0.717) is 22.8 Å². The van der Waals surface area contributed by atoms with Gasteiger partial charge in [0.05, 0.1) is 27.8 Å². The number of methoxy groups -OCH3 is 3. The van der Waals surface area contributed by atoms with E-state index in [2.05, 4.69) is 5.32 Å². The van der Waals surface area contributed by atoms with E-state index in [1.54, 1.807) is 12.1 Å². The number of carbonyl (C=O) groups is 2. The maximum absolute atomic E-state index is 11.8. The minimum atomic E-state index is -1.09. The van der Waals surface area contributed by atoms with Crippen LogP contribution in [0.5, 0.6) is 17.2 Å². The zero-order valence-electron chi connectivity index (χ0n) is 12.4. The molecule has 21 heavy (non-hydrogen) atoms. The number of benzene rings is 1. The molecule has 0 heterocycles. The fourth-order valence-corrected chi connectivity index (χ4v) is 1.78. The smallest absolute Gasteiger partial charge is 0.325 e. The number of carboxylic acid groups (broad SMARTS) is 1. The van der Waals surface area contributed by atoms with Crippen molar-refractivity contribution in [3.8, 4) is 17.2 Å². The Bertz CT molecular complexity index is 503. The molecule has 0 aliphatic heterocycles. The molecule has 0 bridgehead atoms. The Balaban J connectivity index is 2.93. The zero-order chi connectivity index (χ0) is 16.0. The third kappa shape index (κ3) is 4.27. The highest BCUT2D eigenvalue weighted by atomic mass is 16.5. The molecule has 1 atom stereocenters. The molecule has 1 amide bonds. The highest BCUT2D eigenvalue weighted by Crippen LogP contribution is 2.38. The molecule has 0 saturated heterocycles. The van der Waals surface area contributed by atoms with Crippen molar-refractivity contribution in [2.24, 2.45) is 0 Å². The van der Waals surface area contributed by atoms with Crippen LogP contribution < -0.4 is 19.5 Å². The van der Waals surface area contributed by atoms with E-state index in [0.717, 1.165) is 0 Å². The summed E-state index contributed by atoms with van der Waals surface area (Å²) < 4.78 is 15.6. The van der Waals surface area contributed by atoms with E-state index in [9.17, 15) is 9.59 Å². The summed E-state index contributed by atoms with van der Waals surface area (Å²) in [5.41, 5.74) is 0.625. The molecular formula is C14H19NO6. The molecule has 0 aliphatic rings. The number of amides is 1. The second-order valence-electron chi connectivity index (χ2n) is 4.34. The molecule has 0 aromatic heterocycles. The lowest BCUT2D eigenvalue weighted by Crippen LogP contribution is -2.39. The lowest BCUT2D eigenvalue weighted by molar-refractivity contribution is -0.141. The molecule has 0 aliphatic carbocycles. The Kier molecular flexibility index (Phi) is 5.83. The monoisotopic (exact) mass is 297 g/mol. The summed E-state index contributed by atoms with van der Waals surface area (Å²) in [6.07, 6.45) is 0.00827. The first kappa shape index (κ1) is 16.6. The molecule has 1 aromatic carbocycles. The molecule has 0 radical (unpaired) electrons. The van der Waals surface area contributed by atoms with Crippen LogP contribution in [-0.2, 0) is 16.0 Å². The van der Waals surface area contributed by atoms with E-state index in [1.165, 1.54) is 28.3 Å². The van der Waals surface area contributed by atoms with E-state index >= 15 is 0 Å². The topological polar surface area (TPSA) is 94.1 Å². The molecule has 116 valence electrons. The van der Waals surface area contributed by atoms with Crippen molar-refractivity contribution in [3.63, 3.8) is 0 Å². The Hall–Kier alpha value is -2.44. The van der Waals surface area contributed by atoms with Gasteiger partial charge < -0.3 is 24.6 Å². The van der Waals surface area contributed by atoms with E-state index in [-0.39, 0.29) is 6.42 Å². The van der Waals surface area contributed by atoms with Gasteiger partial charge in [-0.1, -0.05) is 0 Å². The zero-order valence-corrected chi connectivity index (χ0v) is 12.4. The predicted octanol–water partition coefficient (Wildman–Crippen LogP) is 0.844. The summed E-state index contributed by atoms with van der Waals surface area (Å²) in [5.74, 6) is -0.188. The lowest BCUT2D eigenvalue weighted by atomic mass is 10.1.